The van der Waals surface area contributed by atoms with Gasteiger partial charge in [0.25, 0.3) is 0 Å². The molecule has 0 spiro atoms. The molecule has 6 rings (SSSR count). The summed E-state index contributed by atoms with van der Waals surface area (Å²) in [6.45, 7) is 4.39. The summed E-state index contributed by atoms with van der Waals surface area (Å²) < 4.78 is 2.26. The Morgan fingerprint density at radius 1 is 0.487 bits per heavy atom. The Hall–Kier alpha value is -4.76. The first-order chi connectivity index (χ1) is 19.2. The molecule has 0 aliphatic heterocycles. The fourth-order valence-corrected chi connectivity index (χ4v) is 5.16. The molecule has 0 aliphatic rings. The van der Waals surface area contributed by atoms with E-state index in [0.29, 0.717) is 0 Å². The summed E-state index contributed by atoms with van der Waals surface area (Å²) in [5.41, 5.74) is 9.44. The number of rotatable bonds is 8. The maximum absolute atomic E-state index is 2.33. The van der Waals surface area contributed by atoms with Crippen LogP contribution >= 0.6 is 0 Å². The third-order valence-electron chi connectivity index (χ3n) is 7.34. The van der Waals surface area contributed by atoms with Crippen molar-refractivity contribution in [1.29, 1.82) is 0 Å². The molecule has 0 amide bonds. The van der Waals surface area contributed by atoms with Crippen molar-refractivity contribution in [2.45, 2.75) is 26.7 Å². The number of para-hydroxylation sites is 2. The van der Waals surface area contributed by atoms with Crippen LogP contribution in [0, 0.1) is 0 Å². The van der Waals surface area contributed by atoms with Gasteiger partial charge < -0.3 is 4.90 Å². The number of fused-ring (bicyclic) bond motifs is 1. The molecule has 0 aliphatic carbocycles. The van der Waals surface area contributed by atoms with Crippen LogP contribution in [0.25, 0.3) is 10.9 Å². The molecule has 0 bridgehead atoms. The van der Waals surface area contributed by atoms with Crippen molar-refractivity contribution in [2.24, 2.45) is 0 Å². The summed E-state index contributed by atoms with van der Waals surface area (Å²) in [6, 6.07) is 47.9. The van der Waals surface area contributed by atoms with Gasteiger partial charge in [-0.1, -0.05) is 80.6 Å². The lowest BCUT2D eigenvalue weighted by atomic mass is 10.1. The number of aromatic nitrogens is 1. The summed E-state index contributed by atoms with van der Waals surface area (Å²) in [6.07, 6.45) is 4.22. The maximum atomic E-state index is 2.33. The SMILES string of the molecule is CCc1ccc(N(c2ccccc2)c2ccc3ccn(N(c4ccccc4)c4ccc(CC)cc4)c3c2)cc1. The zero-order chi connectivity index (χ0) is 26.6. The van der Waals surface area contributed by atoms with Crippen LogP contribution in [0.2, 0.25) is 0 Å². The van der Waals surface area contributed by atoms with Gasteiger partial charge in [-0.25, -0.2) is 5.01 Å². The number of hydrogen-bond acceptors (Lipinski definition) is 2. The van der Waals surface area contributed by atoms with E-state index in [2.05, 4.69) is 168 Å². The molecule has 5 aromatic carbocycles. The van der Waals surface area contributed by atoms with Gasteiger partial charge in [0.05, 0.1) is 16.9 Å². The van der Waals surface area contributed by atoms with E-state index in [1.165, 1.54) is 16.5 Å². The van der Waals surface area contributed by atoms with Crippen molar-refractivity contribution >= 4 is 39.3 Å². The molecule has 0 unspecified atom stereocenters. The number of aryl methyl sites for hydroxylation is 2. The maximum Gasteiger partial charge on any atom is 0.0723 e. The highest BCUT2D eigenvalue weighted by Crippen LogP contribution is 2.37. The van der Waals surface area contributed by atoms with E-state index in [1.807, 2.05) is 0 Å². The summed E-state index contributed by atoms with van der Waals surface area (Å²) >= 11 is 0. The van der Waals surface area contributed by atoms with E-state index in [1.54, 1.807) is 0 Å². The molecule has 0 saturated carbocycles. The number of hydrogen-bond donors (Lipinski definition) is 0. The number of anilines is 5. The van der Waals surface area contributed by atoms with E-state index in [-0.39, 0.29) is 0 Å². The van der Waals surface area contributed by atoms with Crippen LogP contribution in [0.1, 0.15) is 25.0 Å². The highest BCUT2D eigenvalue weighted by Gasteiger charge is 2.17. The molecule has 3 nitrogen and oxygen atoms in total. The Morgan fingerprint density at radius 3 is 1.56 bits per heavy atom. The molecule has 39 heavy (non-hydrogen) atoms. The molecular formula is C36H33N3. The van der Waals surface area contributed by atoms with Crippen LogP contribution in [-0.2, 0) is 12.8 Å². The van der Waals surface area contributed by atoms with Crippen LogP contribution in [0.3, 0.4) is 0 Å². The van der Waals surface area contributed by atoms with E-state index in [4.69, 9.17) is 0 Å². The summed E-state index contributed by atoms with van der Waals surface area (Å²) in [5, 5.41) is 3.48. The average molecular weight is 508 g/mol. The van der Waals surface area contributed by atoms with Crippen molar-refractivity contribution in [3.63, 3.8) is 0 Å². The second kappa shape index (κ2) is 10.9. The smallest absolute Gasteiger partial charge is 0.0723 e. The van der Waals surface area contributed by atoms with Crippen molar-refractivity contribution in [3.8, 4) is 0 Å². The minimum absolute atomic E-state index is 1.02. The lowest BCUT2D eigenvalue weighted by molar-refractivity contribution is 0.853. The van der Waals surface area contributed by atoms with Crippen LogP contribution in [0.5, 0.6) is 0 Å². The Kier molecular flexibility index (Phi) is 6.88. The van der Waals surface area contributed by atoms with Crippen LogP contribution in [0.15, 0.2) is 140 Å². The Morgan fingerprint density at radius 2 is 0.974 bits per heavy atom. The molecule has 0 saturated heterocycles. The quantitative estimate of drug-likeness (QED) is 0.203. The number of nitrogens with zero attached hydrogens (tertiary/aromatic N) is 3. The minimum atomic E-state index is 1.02. The molecular weight excluding hydrogens is 474 g/mol. The van der Waals surface area contributed by atoms with Gasteiger partial charge in [-0.2, -0.15) is 0 Å². The van der Waals surface area contributed by atoms with Crippen molar-refractivity contribution in [3.05, 3.63) is 151 Å². The van der Waals surface area contributed by atoms with Crippen molar-refractivity contribution in [1.82, 2.24) is 4.68 Å². The first-order valence-electron chi connectivity index (χ1n) is 13.7. The standard InChI is InChI=1S/C36H33N3/c1-3-28-15-20-32(21-16-28)38(31-11-7-5-8-12-31)35-24-19-30-25-26-37(36(30)27-35)39(33-13-9-6-10-14-33)34-22-17-29(4-2)18-23-34/h5-27H,3-4H2,1-2H3. The Bertz CT molecular complexity index is 1650. The van der Waals surface area contributed by atoms with Gasteiger partial charge in [-0.3, -0.25) is 4.68 Å². The second-order valence-electron chi connectivity index (χ2n) is 9.76. The molecule has 0 fully saturated rings. The fraction of sp³-hybridized carbons (Fsp3) is 0.111. The molecule has 3 heteroatoms. The molecule has 0 radical (unpaired) electrons. The Labute approximate surface area is 231 Å². The predicted molar refractivity (Wildman–Crippen MR) is 166 cm³/mol. The first-order valence-corrected chi connectivity index (χ1v) is 13.7. The van der Waals surface area contributed by atoms with Crippen LogP contribution in [0.4, 0.5) is 28.4 Å². The third-order valence-corrected chi connectivity index (χ3v) is 7.34. The third kappa shape index (κ3) is 4.92. The normalized spacial score (nSPS) is 11.0. The van der Waals surface area contributed by atoms with Crippen LogP contribution in [-0.4, -0.2) is 4.68 Å². The zero-order valence-electron chi connectivity index (χ0n) is 22.5. The van der Waals surface area contributed by atoms with E-state index < -0.39 is 0 Å². The largest absolute Gasteiger partial charge is 0.310 e. The highest BCUT2D eigenvalue weighted by molar-refractivity contribution is 5.89. The molecule has 1 heterocycles. The highest BCUT2D eigenvalue weighted by atomic mass is 15.5. The topological polar surface area (TPSA) is 11.4 Å². The first kappa shape index (κ1) is 24.6. The van der Waals surface area contributed by atoms with Gasteiger partial charge in [-0.05, 0) is 90.7 Å². The summed E-state index contributed by atoms with van der Waals surface area (Å²) in [7, 11) is 0. The predicted octanol–water partition coefficient (Wildman–Crippen LogP) is 9.84. The van der Waals surface area contributed by atoms with Gasteiger partial charge in [-0.15, -0.1) is 0 Å². The van der Waals surface area contributed by atoms with E-state index >= 15 is 0 Å². The van der Waals surface area contributed by atoms with Gasteiger partial charge in [0, 0.05) is 28.6 Å². The lowest BCUT2D eigenvalue weighted by Crippen LogP contribution is -2.23. The van der Waals surface area contributed by atoms with E-state index in [0.717, 1.165) is 46.8 Å². The monoisotopic (exact) mass is 507 g/mol. The van der Waals surface area contributed by atoms with Gasteiger partial charge in [0.2, 0.25) is 0 Å². The van der Waals surface area contributed by atoms with Gasteiger partial charge in [0.15, 0.2) is 0 Å². The van der Waals surface area contributed by atoms with Gasteiger partial charge in [0.1, 0.15) is 0 Å². The second-order valence-corrected chi connectivity index (χ2v) is 9.76. The van der Waals surface area contributed by atoms with Crippen LogP contribution < -0.4 is 9.91 Å². The molecule has 1 aromatic heterocycles. The molecule has 6 aromatic rings. The van der Waals surface area contributed by atoms with E-state index in [9.17, 15) is 0 Å². The van der Waals surface area contributed by atoms with Crippen molar-refractivity contribution < 1.29 is 0 Å². The van der Waals surface area contributed by atoms with Crippen molar-refractivity contribution in [2.75, 3.05) is 9.91 Å². The summed E-state index contributed by atoms with van der Waals surface area (Å²) in [5.74, 6) is 0. The Balaban J connectivity index is 1.51. The molecule has 0 N–H and O–H groups in total. The molecule has 192 valence electrons. The summed E-state index contributed by atoms with van der Waals surface area (Å²) in [4.78, 5) is 2.33. The lowest BCUT2D eigenvalue weighted by Gasteiger charge is -2.29. The zero-order valence-corrected chi connectivity index (χ0v) is 22.5. The minimum Gasteiger partial charge on any atom is -0.310 e. The number of benzene rings is 5. The average Bonchev–Trinajstić information content (AvgIpc) is 3.42. The van der Waals surface area contributed by atoms with Gasteiger partial charge >= 0.3 is 0 Å². The fourth-order valence-electron chi connectivity index (χ4n) is 5.16. The molecule has 0 atom stereocenters.